The molecule has 1 fully saturated rings. The molecule has 19 heavy (non-hydrogen) atoms. The number of carbonyl (C=O) groups is 1. The van der Waals surface area contributed by atoms with Crippen molar-refractivity contribution in [3.8, 4) is 5.75 Å². The lowest BCUT2D eigenvalue weighted by Crippen LogP contribution is -2.52. The molecule has 1 aliphatic rings. The summed E-state index contributed by atoms with van der Waals surface area (Å²) in [6, 6.07) is 7.06. The summed E-state index contributed by atoms with van der Waals surface area (Å²) >= 11 is 0. The summed E-state index contributed by atoms with van der Waals surface area (Å²) in [6.07, 6.45) is -0.482. The SMILES string of the molecule is CCOc1ccc(C2CNC(C(=O)O)C(C)O2)cc1. The molecule has 0 radical (unpaired) electrons. The topological polar surface area (TPSA) is 67.8 Å². The lowest BCUT2D eigenvalue weighted by atomic mass is 10.0. The maximum atomic E-state index is 11.0. The van der Waals surface area contributed by atoms with Crippen molar-refractivity contribution in [3.63, 3.8) is 0 Å². The molecule has 5 heteroatoms. The lowest BCUT2D eigenvalue weighted by molar-refractivity contribution is -0.149. The van der Waals surface area contributed by atoms with Gasteiger partial charge in [0.25, 0.3) is 0 Å². The van der Waals surface area contributed by atoms with Crippen molar-refractivity contribution in [1.82, 2.24) is 5.32 Å². The average molecular weight is 265 g/mol. The van der Waals surface area contributed by atoms with E-state index in [9.17, 15) is 4.79 Å². The standard InChI is InChI=1S/C14H19NO4/c1-3-18-11-6-4-10(5-7-11)12-8-15-13(14(16)17)9(2)19-12/h4-7,9,12-13,15H,3,8H2,1-2H3,(H,16,17). The third-order valence-corrected chi connectivity index (χ3v) is 3.20. The second-order valence-corrected chi connectivity index (χ2v) is 4.56. The van der Waals surface area contributed by atoms with Gasteiger partial charge in [0.1, 0.15) is 11.8 Å². The number of benzene rings is 1. The van der Waals surface area contributed by atoms with Gasteiger partial charge >= 0.3 is 5.97 Å². The van der Waals surface area contributed by atoms with E-state index in [1.54, 1.807) is 6.92 Å². The molecule has 0 aromatic heterocycles. The third kappa shape index (κ3) is 3.24. The van der Waals surface area contributed by atoms with Gasteiger partial charge in [-0.25, -0.2) is 0 Å². The third-order valence-electron chi connectivity index (χ3n) is 3.20. The summed E-state index contributed by atoms with van der Waals surface area (Å²) in [4.78, 5) is 11.0. The smallest absolute Gasteiger partial charge is 0.323 e. The molecule has 3 unspecified atom stereocenters. The molecule has 0 spiro atoms. The Morgan fingerprint density at radius 2 is 2.16 bits per heavy atom. The zero-order valence-electron chi connectivity index (χ0n) is 11.1. The molecule has 0 amide bonds. The second kappa shape index (κ2) is 6.04. The Bertz CT molecular complexity index is 432. The van der Waals surface area contributed by atoms with E-state index >= 15 is 0 Å². The number of ether oxygens (including phenoxy) is 2. The molecule has 104 valence electrons. The highest BCUT2D eigenvalue weighted by Crippen LogP contribution is 2.25. The molecule has 0 saturated carbocycles. The summed E-state index contributed by atoms with van der Waals surface area (Å²) < 4.78 is 11.1. The molecular formula is C14H19NO4. The van der Waals surface area contributed by atoms with Gasteiger partial charge in [-0.05, 0) is 31.5 Å². The number of hydrogen-bond donors (Lipinski definition) is 2. The fourth-order valence-electron chi connectivity index (χ4n) is 2.22. The molecule has 3 atom stereocenters. The van der Waals surface area contributed by atoms with E-state index in [-0.39, 0.29) is 12.2 Å². The van der Waals surface area contributed by atoms with Crippen LogP contribution in [0.5, 0.6) is 5.75 Å². The molecule has 1 aromatic carbocycles. The Labute approximate surface area is 112 Å². The number of carboxylic acids is 1. The van der Waals surface area contributed by atoms with E-state index in [1.807, 2.05) is 31.2 Å². The Balaban J connectivity index is 2.01. The number of hydrogen-bond acceptors (Lipinski definition) is 4. The van der Waals surface area contributed by atoms with E-state index in [0.29, 0.717) is 13.2 Å². The van der Waals surface area contributed by atoms with E-state index < -0.39 is 12.0 Å². The van der Waals surface area contributed by atoms with Crippen LogP contribution in [-0.2, 0) is 9.53 Å². The monoisotopic (exact) mass is 265 g/mol. The van der Waals surface area contributed by atoms with Gasteiger partial charge in [-0.3, -0.25) is 10.1 Å². The summed E-state index contributed by atoms with van der Waals surface area (Å²) in [7, 11) is 0. The molecule has 0 aliphatic carbocycles. The summed E-state index contributed by atoms with van der Waals surface area (Å²) in [5.74, 6) is -0.0517. The van der Waals surface area contributed by atoms with Crippen molar-refractivity contribution in [1.29, 1.82) is 0 Å². The fourth-order valence-corrected chi connectivity index (χ4v) is 2.22. The number of nitrogens with one attached hydrogen (secondary N) is 1. The lowest BCUT2D eigenvalue weighted by Gasteiger charge is -2.33. The van der Waals surface area contributed by atoms with Crippen molar-refractivity contribution in [2.24, 2.45) is 0 Å². The van der Waals surface area contributed by atoms with Gasteiger partial charge in [0.15, 0.2) is 0 Å². The highest BCUT2D eigenvalue weighted by atomic mass is 16.5. The average Bonchev–Trinajstić information content (AvgIpc) is 2.39. The maximum Gasteiger partial charge on any atom is 0.323 e. The zero-order valence-corrected chi connectivity index (χ0v) is 11.1. The first kappa shape index (κ1) is 13.8. The van der Waals surface area contributed by atoms with Gasteiger partial charge in [-0.1, -0.05) is 12.1 Å². The van der Waals surface area contributed by atoms with Crippen LogP contribution in [0.2, 0.25) is 0 Å². The molecule has 2 rings (SSSR count). The molecule has 2 N–H and O–H groups in total. The van der Waals surface area contributed by atoms with Gasteiger partial charge in [-0.2, -0.15) is 0 Å². The van der Waals surface area contributed by atoms with Crippen LogP contribution < -0.4 is 10.1 Å². The Morgan fingerprint density at radius 3 is 2.68 bits per heavy atom. The van der Waals surface area contributed by atoms with Crippen LogP contribution in [0, 0.1) is 0 Å². The normalized spacial score (nSPS) is 26.9. The molecular weight excluding hydrogens is 246 g/mol. The highest BCUT2D eigenvalue weighted by Gasteiger charge is 2.33. The minimum Gasteiger partial charge on any atom is -0.494 e. The molecule has 0 bridgehead atoms. The Kier molecular flexibility index (Phi) is 4.39. The van der Waals surface area contributed by atoms with Crippen LogP contribution in [0.4, 0.5) is 0 Å². The van der Waals surface area contributed by atoms with Gasteiger partial charge in [0.2, 0.25) is 0 Å². The van der Waals surface area contributed by atoms with Gasteiger partial charge in [-0.15, -0.1) is 0 Å². The van der Waals surface area contributed by atoms with Crippen molar-refractivity contribution in [3.05, 3.63) is 29.8 Å². The predicted octanol–water partition coefficient (Wildman–Crippen LogP) is 1.59. The van der Waals surface area contributed by atoms with Crippen LogP contribution >= 0.6 is 0 Å². The minimum atomic E-state index is -0.877. The number of rotatable bonds is 4. The molecule has 1 aliphatic heterocycles. The van der Waals surface area contributed by atoms with Crippen molar-refractivity contribution in [2.45, 2.75) is 32.1 Å². The number of carboxylic acid groups (broad SMARTS) is 1. The van der Waals surface area contributed by atoms with E-state index in [0.717, 1.165) is 11.3 Å². The Hall–Kier alpha value is -1.59. The van der Waals surface area contributed by atoms with E-state index in [1.165, 1.54) is 0 Å². The highest BCUT2D eigenvalue weighted by molar-refractivity contribution is 5.74. The van der Waals surface area contributed by atoms with Crippen LogP contribution in [0.15, 0.2) is 24.3 Å². The summed E-state index contributed by atoms with van der Waals surface area (Å²) in [5.41, 5.74) is 1.02. The largest absolute Gasteiger partial charge is 0.494 e. The summed E-state index contributed by atoms with van der Waals surface area (Å²) in [6.45, 7) is 4.84. The summed E-state index contributed by atoms with van der Waals surface area (Å²) in [5, 5.41) is 12.0. The molecule has 5 nitrogen and oxygen atoms in total. The van der Waals surface area contributed by atoms with Crippen LogP contribution in [0.25, 0.3) is 0 Å². The molecule has 1 aromatic rings. The second-order valence-electron chi connectivity index (χ2n) is 4.56. The van der Waals surface area contributed by atoms with Crippen LogP contribution in [0.1, 0.15) is 25.5 Å². The first-order valence-corrected chi connectivity index (χ1v) is 6.46. The van der Waals surface area contributed by atoms with Crippen molar-refractivity contribution < 1.29 is 19.4 Å². The van der Waals surface area contributed by atoms with E-state index in [4.69, 9.17) is 14.6 Å². The van der Waals surface area contributed by atoms with Crippen LogP contribution in [0.3, 0.4) is 0 Å². The molecule has 1 saturated heterocycles. The van der Waals surface area contributed by atoms with Crippen molar-refractivity contribution >= 4 is 5.97 Å². The van der Waals surface area contributed by atoms with Gasteiger partial charge in [0, 0.05) is 6.54 Å². The predicted molar refractivity (Wildman–Crippen MR) is 70.3 cm³/mol. The molecule has 1 heterocycles. The minimum absolute atomic E-state index is 0.124. The number of morpholine rings is 1. The fraction of sp³-hybridized carbons (Fsp3) is 0.500. The maximum absolute atomic E-state index is 11.0. The first-order chi connectivity index (χ1) is 9.11. The number of aliphatic carboxylic acids is 1. The van der Waals surface area contributed by atoms with Gasteiger partial charge < -0.3 is 14.6 Å². The zero-order chi connectivity index (χ0) is 13.8. The van der Waals surface area contributed by atoms with Crippen molar-refractivity contribution in [2.75, 3.05) is 13.2 Å². The van der Waals surface area contributed by atoms with Gasteiger partial charge in [0.05, 0.1) is 18.8 Å². The van der Waals surface area contributed by atoms with E-state index in [2.05, 4.69) is 5.32 Å². The van der Waals surface area contributed by atoms with Crippen LogP contribution in [-0.4, -0.2) is 36.4 Å². The quantitative estimate of drug-likeness (QED) is 0.865. The Morgan fingerprint density at radius 1 is 1.47 bits per heavy atom. The first-order valence-electron chi connectivity index (χ1n) is 6.46.